The molecular weight excluding hydrogens is 286 g/mol. The third-order valence-corrected chi connectivity index (χ3v) is 3.94. The van der Waals surface area contributed by atoms with Crippen molar-refractivity contribution in [1.29, 1.82) is 0 Å². The van der Waals surface area contributed by atoms with Gasteiger partial charge in [0, 0.05) is 23.0 Å². The lowest BCUT2D eigenvalue weighted by molar-refractivity contribution is 0.0699. The number of carbonyl (C=O) groups is 1. The van der Waals surface area contributed by atoms with Gasteiger partial charge in [-0.15, -0.1) is 0 Å². The molecule has 2 aromatic carbocycles. The van der Waals surface area contributed by atoms with E-state index in [4.69, 9.17) is 11.6 Å². The molecule has 0 aliphatic carbocycles. The summed E-state index contributed by atoms with van der Waals surface area (Å²) in [4.78, 5) is 11.7. The van der Waals surface area contributed by atoms with E-state index in [1.807, 2.05) is 48.9 Å². The average Bonchev–Trinajstić information content (AvgIpc) is 2.72. The van der Waals surface area contributed by atoms with Gasteiger partial charge >= 0.3 is 5.97 Å². The van der Waals surface area contributed by atoms with Gasteiger partial charge in [-0.1, -0.05) is 41.4 Å². The zero-order valence-corrected chi connectivity index (χ0v) is 12.5. The minimum Gasteiger partial charge on any atom is -0.478 e. The molecule has 0 saturated heterocycles. The number of fused-ring (bicyclic) bond motifs is 1. The fourth-order valence-corrected chi connectivity index (χ4v) is 2.85. The van der Waals surface area contributed by atoms with E-state index >= 15 is 0 Å². The molecule has 3 nitrogen and oxygen atoms in total. The van der Waals surface area contributed by atoms with Crippen molar-refractivity contribution in [3.8, 4) is 11.3 Å². The Balaban J connectivity index is 2.41. The molecule has 0 fully saturated rings. The van der Waals surface area contributed by atoms with Crippen LogP contribution in [0, 0.1) is 6.92 Å². The molecule has 0 radical (unpaired) electrons. The van der Waals surface area contributed by atoms with Crippen LogP contribution in [0.5, 0.6) is 0 Å². The number of carboxylic acid groups (broad SMARTS) is 1. The van der Waals surface area contributed by atoms with Crippen LogP contribution < -0.4 is 0 Å². The third-order valence-electron chi connectivity index (χ3n) is 3.70. The number of rotatable bonds is 2. The lowest BCUT2D eigenvalue weighted by Crippen LogP contribution is -2.00. The van der Waals surface area contributed by atoms with Crippen molar-refractivity contribution < 1.29 is 9.90 Å². The number of hydrogen-bond donors (Lipinski definition) is 1. The predicted octanol–water partition coefficient (Wildman–Crippen LogP) is 4.51. The Hall–Kier alpha value is -2.26. The minimum atomic E-state index is -0.946. The quantitative estimate of drug-likeness (QED) is 0.756. The predicted molar refractivity (Wildman–Crippen MR) is 85.1 cm³/mol. The van der Waals surface area contributed by atoms with Crippen molar-refractivity contribution >= 4 is 28.5 Å². The summed E-state index contributed by atoms with van der Waals surface area (Å²) >= 11 is 6.02. The van der Waals surface area contributed by atoms with E-state index in [1.54, 1.807) is 12.1 Å². The van der Waals surface area contributed by atoms with E-state index in [-0.39, 0.29) is 0 Å². The highest BCUT2D eigenvalue weighted by Gasteiger charge is 2.21. The van der Waals surface area contributed by atoms with Crippen molar-refractivity contribution in [3.63, 3.8) is 0 Å². The number of nitrogens with zero attached hydrogens (tertiary/aromatic N) is 1. The van der Waals surface area contributed by atoms with Crippen molar-refractivity contribution in [2.24, 2.45) is 7.05 Å². The molecule has 0 unspecified atom stereocenters. The van der Waals surface area contributed by atoms with Gasteiger partial charge in [0.15, 0.2) is 0 Å². The maximum Gasteiger partial charge on any atom is 0.338 e. The second-order valence-electron chi connectivity index (χ2n) is 5.12. The molecule has 3 rings (SSSR count). The van der Waals surface area contributed by atoms with Gasteiger partial charge in [-0.05, 0) is 30.7 Å². The summed E-state index contributed by atoms with van der Waals surface area (Å²) in [6.07, 6.45) is 0. The van der Waals surface area contributed by atoms with Crippen molar-refractivity contribution in [1.82, 2.24) is 4.57 Å². The standard InChI is InChI=1S/C17H14ClNO2/c1-10-3-5-11(6-4-10)16-15(17(20)21)13-9-12(18)7-8-14(13)19(16)2/h3-9H,1-2H3,(H,20,21). The van der Waals surface area contributed by atoms with E-state index in [0.717, 1.165) is 16.6 Å². The molecule has 1 aromatic heterocycles. The first-order chi connectivity index (χ1) is 9.99. The summed E-state index contributed by atoms with van der Waals surface area (Å²) in [5, 5.41) is 10.8. The van der Waals surface area contributed by atoms with Gasteiger partial charge in [0.2, 0.25) is 0 Å². The Labute approximate surface area is 127 Å². The Morgan fingerprint density at radius 3 is 2.43 bits per heavy atom. The lowest BCUT2D eigenvalue weighted by atomic mass is 10.0. The SMILES string of the molecule is Cc1ccc(-c2c(C(=O)O)c3cc(Cl)ccc3n2C)cc1. The number of hydrogen-bond acceptors (Lipinski definition) is 1. The van der Waals surface area contributed by atoms with Crippen molar-refractivity contribution in [2.75, 3.05) is 0 Å². The second kappa shape index (κ2) is 4.93. The van der Waals surface area contributed by atoms with Gasteiger partial charge in [-0.2, -0.15) is 0 Å². The van der Waals surface area contributed by atoms with Crippen LogP contribution in [-0.2, 0) is 7.05 Å². The minimum absolute atomic E-state index is 0.291. The molecule has 0 bridgehead atoms. The molecule has 21 heavy (non-hydrogen) atoms. The highest BCUT2D eigenvalue weighted by molar-refractivity contribution is 6.31. The third kappa shape index (κ3) is 2.20. The number of halogens is 1. The fraction of sp³-hybridized carbons (Fsp3) is 0.118. The monoisotopic (exact) mass is 299 g/mol. The highest BCUT2D eigenvalue weighted by Crippen LogP contribution is 2.34. The Kier molecular flexibility index (Phi) is 3.22. The zero-order chi connectivity index (χ0) is 15.1. The van der Waals surface area contributed by atoms with E-state index < -0.39 is 5.97 Å². The molecule has 0 aliphatic rings. The maximum atomic E-state index is 11.7. The van der Waals surface area contributed by atoms with Crippen LogP contribution in [0.15, 0.2) is 42.5 Å². The average molecular weight is 300 g/mol. The molecule has 0 aliphatic heterocycles. The van der Waals surface area contributed by atoms with Gasteiger partial charge < -0.3 is 9.67 Å². The zero-order valence-electron chi connectivity index (χ0n) is 11.7. The smallest absolute Gasteiger partial charge is 0.338 e. The molecule has 1 N–H and O–H groups in total. The molecule has 0 spiro atoms. The van der Waals surface area contributed by atoms with Crippen LogP contribution in [0.25, 0.3) is 22.2 Å². The van der Waals surface area contributed by atoms with Gasteiger partial charge in [-0.25, -0.2) is 4.79 Å². The summed E-state index contributed by atoms with van der Waals surface area (Å²) < 4.78 is 1.90. The van der Waals surface area contributed by atoms with Gasteiger partial charge in [-0.3, -0.25) is 0 Å². The van der Waals surface area contributed by atoms with Crippen LogP contribution in [-0.4, -0.2) is 15.6 Å². The first-order valence-electron chi connectivity index (χ1n) is 6.57. The van der Waals surface area contributed by atoms with Crippen LogP contribution >= 0.6 is 11.6 Å². The molecule has 0 atom stereocenters. The molecule has 1 heterocycles. The van der Waals surface area contributed by atoms with Gasteiger partial charge in [0.05, 0.1) is 11.3 Å². The summed E-state index contributed by atoms with van der Waals surface area (Å²) in [7, 11) is 1.87. The summed E-state index contributed by atoms with van der Waals surface area (Å²) in [6.45, 7) is 2.00. The highest BCUT2D eigenvalue weighted by atomic mass is 35.5. The summed E-state index contributed by atoms with van der Waals surface area (Å²) in [5.74, 6) is -0.946. The first-order valence-corrected chi connectivity index (χ1v) is 6.95. The Morgan fingerprint density at radius 2 is 1.81 bits per heavy atom. The Bertz CT molecular complexity index is 847. The normalized spacial score (nSPS) is 11.0. The molecule has 0 amide bonds. The van der Waals surface area contributed by atoms with Crippen LogP contribution in [0.3, 0.4) is 0 Å². The van der Waals surface area contributed by atoms with Crippen molar-refractivity contribution in [3.05, 3.63) is 58.6 Å². The number of aromatic nitrogens is 1. The molecule has 0 saturated carbocycles. The largest absolute Gasteiger partial charge is 0.478 e. The van der Waals surface area contributed by atoms with E-state index in [2.05, 4.69) is 0 Å². The first kappa shape index (κ1) is 13.7. The van der Waals surface area contributed by atoms with Gasteiger partial charge in [0.25, 0.3) is 0 Å². The van der Waals surface area contributed by atoms with Crippen LogP contribution in [0.2, 0.25) is 5.02 Å². The van der Waals surface area contributed by atoms with Crippen LogP contribution in [0.4, 0.5) is 0 Å². The number of aryl methyl sites for hydroxylation is 2. The molecule has 106 valence electrons. The fourth-order valence-electron chi connectivity index (χ4n) is 2.68. The number of aromatic carboxylic acids is 1. The number of benzene rings is 2. The number of carboxylic acids is 1. The summed E-state index contributed by atoms with van der Waals surface area (Å²) in [5.41, 5.74) is 3.86. The topological polar surface area (TPSA) is 42.2 Å². The van der Waals surface area contributed by atoms with Gasteiger partial charge in [0.1, 0.15) is 0 Å². The molecule has 3 aromatic rings. The molecule has 4 heteroatoms. The van der Waals surface area contributed by atoms with Crippen LogP contribution in [0.1, 0.15) is 15.9 Å². The molecular formula is C17H14ClNO2. The van der Waals surface area contributed by atoms with Crippen molar-refractivity contribution in [2.45, 2.75) is 6.92 Å². The van der Waals surface area contributed by atoms with E-state index in [1.165, 1.54) is 0 Å². The second-order valence-corrected chi connectivity index (χ2v) is 5.55. The Morgan fingerprint density at radius 1 is 1.14 bits per heavy atom. The van der Waals surface area contributed by atoms with E-state index in [0.29, 0.717) is 21.7 Å². The van der Waals surface area contributed by atoms with E-state index in [9.17, 15) is 9.90 Å². The lowest BCUT2D eigenvalue weighted by Gasteiger charge is -2.06. The maximum absolute atomic E-state index is 11.7. The summed E-state index contributed by atoms with van der Waals surface area (Å²) in [6, 6.07) is 13.2.